The van der Waals surface area contributed by atoms with E-state index < -0.39 is 11.7 Å². The lowest BCUT2D eigenvalue weighted by atomic mass is 10.1. The number of hydrogen-bond acceptors (Lipinski definition) is 7. The summed E-state index contributed by atoms with van der Waals surface area (Å²) in [4.78, 5) is 17.1. The first kappa shape index (κ1) is 19.7. The quantitative estimate of drug-likeness (QED) is 0.836. The molecule has 2 aromatic rings. The summed E-state index contributed by atoms with van der Waals surface area (Å²) in [6.07, 6.45) is -0.219. The highest BCUT2D eigenvalue weighted by atomic mass is 19.4. The van der Waals surface area contributed by atoms with Crippen molar-refractivity contribution >= 4 is 17.6 Å². The first-order valence-electron chi connectivity index (χ1n) is 9.71. The summed E-state index contributed by atoms with van der Waals surface area (Å²) < 4.78 is 46.4. The monoisotopic (exact) mass is 408 g/mol. The van der Waals surface area contributed by atoms with Gasteiger partial charge in [0.1, 0.15) is 11.6 Å². The molecule has 0 atom stereocenters. The predicted octanol–water partition coefficient (Wildman–Crippen LogP) is 2.97. The lowest BCUT2D eigenvalue weighted by molar-refractivity contribution is -0.137. The van der Waals surface area contributed by atoms with Gasteiger partial charge in [0.2, 0.25) is 5.95 Å². The van der Waals surface area contributed by atoms with Crippen LogP contribution in [0.4, 0.5) is 30.8 Å². The van der Waals surface area contributed by atoms with E-state index in [1.807, 2.05) is 4.90 Å². The van der Waals surface area contributed by atoms with Crippen molar-refractivity contribution in [2.75, 3.05) is 54.9 Å². The van der Waals surface area contributed by atoms with Crippen molar-refractivity contribution in [3.8, 4) is 11.3 Å². The molecule has 0 spiro atoms. The number of anilines is 3. The number of rotatable bonds is 3. The molecule has 0 amide bonds. The molecule has 0 saturated carbocycles. The summed E-state index contributed by atoms with van der Waals surface area (Å²) in [5.41, 5.74) is 4.78. The van der Waals surface area contributed by atoms with Crippen molar-refractivity contribution in [2.24, 2.45) is 0 Å². The molecule has 156 valence electrons. The number of nitrogens with two attached hydrogens (primary N) is 1. The van der Waals surface area contributed by atoms with Crippen LogP contribution in [0.5, 0.6) is 0 Å². The largest absolute Gasteiger partial charge is 0.417 e. The van der Waals surface area contributed by atoms with Gasteiger partial charge in [-0.2, -0.15) is 18.2 Å². The SMILES string of the molecule is Nc1cc(C(F)(F)F)c(-c2cc(N3CCCCC3)nc(N3CCOCC3)n2)cn1. The maximum absolute atomic E-state index is 13.7. The van der Waals surface area contributed by atoms with Crippen LogP contribution in [0, 0.1) is 0 Å². The van der Waals surface area contributed by atoms with Gasteiger partial charge in [-0.1, -0.05) is 0 Å². The summed E-state index contributed by atoms with van der Waals surface area (Å²) in [7, 11) is 0. The van der Waals surface area contributed by atoms with E-state index in [-0.39, 0.29) is 17.1 Å². The molecule has 2 aliphatic rings. The molecule has 7 nitrogen and oxygen atoms in total. The molecule has 4 rings (SSSR count). The molecule has 2 aliphatic heterocycles. The average molecular weight is 408 g/mol. The molecule has 0 aromatic carbocycles. The normalized spacial score (nSPS) is 18.2. The van der Waals surface area contributed by atoms with Gasteiger partial charge in [-0.3, -0.25) is 0 Å². The fraction of sp³-hybridized carbons (Fsp3) is 0.526. The van der Waals surface area contributed by atoms with Crippen LogP contribution in [0.1, 0.15) is 24.8 Å². The van der Waals surface area contributed by atoms with E-state index in [0.717, 1.165) is 44.6 Å². The van der Waals surface area contributed by atoms with Crippen LogP contribution < -0.4 is 15.5 Å². The van der Waals surface area contributed by atoms with Crippen molar-refractivity contribution in [3.63, 3.8) is 0 Å². The maximum Gasteiger partial charge on any atom is 0.417 e. The van der Waals surface area contributed by atoms with E-state index in [2.05, 4.69) is 19.9 Å². The molecule has 2 saturated heterocycles. The third-order valence-corrected chi connectivity index (χ3v) is 5.18. The smallest absolute Gasteiger partial charge is 0.384 e. The Balaban J connectivity index is 1.82. The van der Waals surface area contributed by atoms with Gasteiger partial charge in [0, 0.05) is 44.0 Å². The van der Waals surface area contributed by atoms with Crippen molar-refractivity contribution in [1.29, 1.82) is 0 Å². The second-order valence-corrected chi connectivity index (χ2v) is 7.21. The summed E-state index contributed by atoms with van der Waals surface area (Å²) in [5, 5.41) is 0. The van der Waals surface area contributed by atoms with E-state index in [0.29, 0.717) is 38.1 Å². The maximum atomic E-state index is 13.7. The number of morpholine rings is 1. The van der Waals surface area contributed by atoms with Crippen molar-refractivity contribution in [2.45, 2.75) is 25.4 Å². The molecule has 0 radical (unpaired) electrons. The number of alkyl halides is 3. The van der Waals surface area contributed by atoms with Crippen molar-refractivity contribution < 1.29 is 17.9 Å². The molecule has 29 heavy (non-hydrogen) atoms. The Labute approximate surface area is 166 Å². The molecule has 0 bridgehead atoms. The first-order valence-corrected chi connectivity index (χ1v) is 9.71. The van der Waals surface area contributed by atoms with Crippen molar-refractivity contribution in [1.82, 2.24) is 15.0 Å². The molecule has 0 unspecified atom stereocenters. The van der Waals surface area contributed by atoms with Crippen LogP contribution in [-0.2, 0) is 10.9 Å². The standard InChI is InChI=1S/C19H23F3N6O/c20-19(21,22)14-10-16(23)24-12-13(14)15-11-17(27-4-2-1-3-5-27)26-18(25-15)28-6-8-29-9-7-28/h10-12H,1-9H2,(H2,23,24). The van der Waals surface area contributed by atoms with Crippen LogP contribution in [-0.4, -0.2) is 54.3 Å². The minimum absolute atomic E-state index is 0.0955. The Morgan fingerprint density at radius 1 is 0.931 bits per heavy atom. The van der Waals surface area contributed by atoms with Crippen LogP contribution in [0.2, 0.25) is 0 Å². The third-order valence-electron chi connectivity index (χ3n) is 5.18. The van der Waals surface area contributed by atoms with Gasteiger partial charge in [-0.25, -0.2) is 9.97 Å². The third kappa shape index (κ3) is 4.36. The summed E-state index contributed by atoms with van der Waals surface area (Å²) in [5.74, 6) is 0.872. The highest BCUT2D eigenvalue weighted by Gasteiger charge is 2.35. The number of halogens is 3. The Bertz CT molecular complexity index is 827. The van der Waals surface area contributed by atoms with E-state index >= 15 is 0 Å². The van der Waals surface area contributed by atoms with Crippen LogP contribution in [0.25, 0.3) is 11.3 Å². The highest BCUT2D eigenvalue weighted by Crippen LogP contribution is 2.38. The van der Waals surface area contributed by atoms with E-state index in [4.69, 9.17) is 10.5 Å². The molecule has 2 aromatic heterocycles. The Morgan fingerprint density at radius 3 is 2.34 bits per heavy atom. The molecular formula is C19H23F3N6O. The zero-order valence-electron chi connectivity index (χ0n) is 16.0. The van der Waals surface area contributed by atoms with Crippen molar-refractivity contribution in [3.05, 3.63) is 23.9 Å². The molecule has 4 heterocycles. The number of pyridine rings is 1. The summed E-state index contributed by atoms with van der Waals surface area (Å²) in [6.45, 7) is 3.90. The molecule has 0 aliphatic carbocycles. The Hall–Kier alpha value is -2.62. The zero-order chi connectivity index (χ0) is 20.4. The molecule has 2 N–H and O–H groups in total. The van der Waals surface area contributed by atoms with Gasteiger partial charge in [-0.15, -0.1) is 0 Å². The second kappa shape index (κ2) is 8.02. The zero-order valence-corrected chi connectivity index (χ0v) is 16.0. The Kier molecular flexibility index (Phi) is 5.44. The molecule has 10 heteroatoms. The number of nitrogens with zero attached hydrogens (tertiary/aromatic N) is 5. The minimum Gasteiger partial charge on any atom is -0.384 e. The minimum atomic E-state index is -4.57. The number of ether oxygens (including phenoxy) is 1. The van der Waals surface area contributed by atoms with Gasteiger partial charge in [0.25, 0.3) is 0 Å². The van der Waals surface area contributed by atoms with Gasteiger partial charge < -0.3 is 20.3 Å². The van der Waals surface area contributed by atoms with E-state index in [1.54, 1.807) is 6.07 Å². The lowest BCUT2D eigenvalue weighted by Gasteiger charge is -2.31. The topological polar surface area (TPSA) is 80.4 Å². The lowest BCUT2D eigenvalue weighted by Crippen LogP contribution is -2.38. The number of hydrogen-bond donors (Lipinski definition) is 1. The summed E-state index contributed by atoms with van der Waals surface area (Å²) in [6, 6.07) is 2.48. The fourth-order valence-electron chi connectivity index (χ4n) is 3.66. The van der Waals surface area contributed by atoms with Gasteiger partial charge in [0.05, 0.1) is 24.5 Å². The number of nitrogen functional groups attached to an aromatic ring is 1. The van der Waals surface area contributed by atoms with Gasteiger partial charge >= 0.3 is 6.18 Å². The Morgan fingerprint density at radius 2 is 1.66 bits per heavy atom. The molecular weight excluding hydrogens is 385 g/mol. The predicted molar refractivity (Wildman–Crippen MR) is 104 cm³/mol. The van der Waals surface area contributed by atoms with Gasteiger partial charge in [0.15, 0.2) is 0 Å². The number of piperidine rings is 1. The van der Waals surface area contributed by atoms with Crippen LogP contribution in [0.15, 0.2) is 18.3 Å². The van der Waals surface area contributed by atoms with E-state index in [1.165, 1.54) is 0 Å². The number of aromatic nitrogens is 3. The van der Waals surface area contributed by atoms with Gasteiger partial charge in [-0.05, 0) is 25.3 Å². The average Bonchev–Trinajstić information content (AvgIpc) is 2.74. The van der Waals surface area contributed by atoms with E-state index in [9.17, 15) is 13.2 Å². The fourth-order valence-corrected chi connectivity index (χ4v) is 3.66. The van der Waals surface area contributed by atoms with Crippen LogP contribution >= 0.6 is 0 Å². The first-order chi connectivity index (χ1) is 13.9. The van der Waals surface area contributed by atoms with Crippen LogP contribution in [0.3, 0.4) is 0 Å². The summed E-state index contributed by atoms with van der Waals surface area (Å²) >= 11 is 0. The highest BCUT2D eigenvalue weighted by molar-refractivity contribution is 5.69. The second-order valence-electron chi connectivity index (χ2n) is 7.21. The molecule has 2 fully saturated rings.